The lowest BCUT2D eigenvalue weighted by atomic mass is 10.1. The van der Waals surface area contributed by atoms with E-state index in [0.29, 0.717) is 0 Å². The topological polar surface area (TPSA) is 33.7 Å². The molecule has 4 nitrogen and oxygen atoms in total. The van der Waals surface area contributed by atoms with Gasteiger partial charge in [-0.25, -0.2) is 0 Å². The minimum atomic E-state index is 0.766. The summed E-state index contributed by atoms with van der Waals surface area (Å²) in [5, 5.41) is 3.44. The van der Waals surface area contributed by atoms with Crippen LogP contribution in [-0.2, 0) is 13.1 Å². The number of hydrogen-bond acceptors (Lipinski definition) is 4. The van der Waals surface area contributed by atoms with Crippen molar-refractivity contribution in [2.75, 3.05) is 33.2 Å². The normalized spacial score (nSPS) is 10.4. The Kier molecular flexibility index (Phi) is 5.67. The quantitative estimate of drug-likeness (QED) is 0.852. The number of para-hydroxylation sites is 1. The van der Waals surface area contributed by atoms with Crippen LogP contribution in [0, 0.1) is 0 Å². The predicted octanol–water partition coefficient (Wildman–Crippen LogP) is 3.06. The summed E-state index contributed by atoms with van der Waals surface area (Å²) in [4.78, 5) is 2.05. The molecule has 0 saturated carbocycles. The van der Waals surface area contributed by atoms with Crippen LogP contribution >= 0.6 is 0 Å². The van der Waals surface area contributed by atoms with Crippen molar-refractivity contribution in [3.63, 3.8) is 0 Å². The van der Waals surface area contributed by atoms with E-state index in [-0.39, 0.29) is 0 Å². The highest BCUT2D eigenvalue weighted by atomic mass is 16.5. The van der Waals surface area contributed by atoms with E-state index in [2.05, 4.69) is 29.6 Å². The van der Waals surface area contributed by atoms with Crippen LogP contribution < -0.4 is 19.7 Å². The number of nitrogens with one attached hydrogen (secondary N) is 1. The minimum absolute atomic E-state index is 0.766. The molecule has 0 unspecified atom stereocenters. The van der Waals surface area contributed by atoms with Gasteiger partial charge in [0, 0.05) is 32.7 Å². The van der Waals surface area contributed by atoms with E-state index in [1.807, 2.05) is 37.2 Å². The third-order valence-electron chi connectivity index (χ3n) is 3.56. The molecule has 0 fully saturated rings. The van der Waals surface area contributed by atoms with Gasteiger partial charge in [-0.2, -0.15) is 0 Å². The highest BCUT2D eigenvalue weighted by Crippen LogP contribution is 2.27. The van der Waals surface area contributed by atoms with E-state index in [9.17, 15) is 0 Å². The molecule has 0 amide bonds. The van der Waals surface area contributed by atoms with Crippen molar-refractivity contribution in [2.45, 2.75) is 13.1 Å². The first kappa shape index (κ1) is 16.2. The predicted molar refractivity (Wildman–Crippen MR) is 90.9 cm³/mol. The number of ether oxygens (including phenoxy) is 2. The fraction of sp³-hybridized carbons (Fsp3) is 0.333. The molecular weight excluding hydrogens is 276 g/mol. The van der Waals surface area contributed by atoms with Gasteiger partial charge in [0.05, 0.1) is 19.9 Å². The Morgan fingerprint density at radius 3 is 2.32 bits per heavy atom. The van der Waals surface area contributed by atoms with E-state index in [1.165, 1.54) is 5.56 Å². The van der Waals surface area contributed by atoms with Crippen molar-refractivity contribution in [1.29, 1.82) is 0 Å². The van der Waals surface area contributed by atoms with Gasteiger partial charge >= 0.3 is 0 Å². The van der Waals surface area contributed by atoms with Crippen LogP contribution in [0.4, 0.5) is 5.69 Å². The van der Waals surface area contributed by atoms with Crippen LogP contribution in [0.1, 0.15) is 11.1 Å². The maximum Gasteiger partial charge on any atom is 0.142 e. The van der Waals surface area contributed by atoms with Gasteiger partial charge in [-0.1, -0.05) is 24.3 Å². The van der Waals surface area contributed by atoms with Gasteiger partial charge in [-0.15, -0.1) is 0 Å². The van der Waals surface area contributed by atoms with Crippen LogP contribution in [0.25, 0.3) is 0 Å². The van der Waals surface area contributed by atoms with Crippen LogP contribution in [0.3, 0.4) is 0 Å². The smallest absolute Gasteiger partial charge is 0.142 e. The first-order valence-corrected chi connectivity index (χ1v) is 7.32. The van der Waals surface area contributed by atoms with Crippen molar-refractivity contribution < 1.29 is 9.47 Å². The number of anilines is 1. The van der Waals surface area contributed by atoms with Crippen molar-refractivity contribution in [1.82, 2.24) is 5.32 Å². The maximum absolute atomic E-state index is 5.46. The zero-order chi connectivity index (χ0) is 15.9. The average Bonchev–Trinajstić information content (AvgIpc) is 2.54. The van der Waals surface area contributed by atoms with Crippen molar-refractivity contribution >= 4 is 5.69 Å². The van der Waals surface area contributed by atoms with Crippen LogP contribution in [0.15, 0.2) is 42.5 Å². The average molecular weight is 300 g/mol. The van der Waals surface area contributed by atoms with Gasteiger partial charge in [0.1, 0.15) is 11.5 Å². The molecule has 0 radical (unpaired) electrons. The summed E-state index contributed by atoms with van der Waals surface area (Å²) in [6.07, 6.45) is 0. The summed E-state index contributed by atoms with van der Waals surface area (Å²) in [6.45, 7) is 1.55. The van der Waals surface area contributed by atoms with E-state index in [1.54, 1.807) is 14.2 Å². The molecule has 0 spiro atoms. The van der Waals surface area contributed by atoms with Crippen molar-refractivity contribution in [3.05, 3.63) is 53.6 Å². The number of hydrogen-bond donors (Lipinski definition) is 1. The summed E-state index contributed by atoms with van der Waals surface area (Å²) in [5.74, 6) is 1.80. The lowest BCUT2D eigenvalue weighted by Gasteiger charge is -2.17. The minimum Gasteiger partial charge on any atom is -0.496 e. The van der Waals surface area contributed by atoms with Gasteiger partial charge in [0.15, 0.2) is 0 Å². The Labute approximate surface area is 132 Å². The Hall–Kier alpha value is -2.20. The largest absolute Gasteiger partial charge is 0.496 e. The molecule has 0 aromatic heterocycles. The SMILES string of the molecule is COc1ccccc1CNCc1ccc(N(C)C)c(OC)c1. The second-order valence-electron chi connectivity index (χ2n) is 5.32. The summed E-state index contributed by atoms with van der Waals surface area (Å²) >= 11 is 0. The van der Waals surface area contributed by atoms with Crippen molar-refractivity contribution in [2.24, 2.45) is 0 Å². The van der Waals surface area contributed by atoms with Crippen LogP contribution in [0.5, 0.6) is 11.5 Å². The van der Waals surface area contributed by atoms with Gasteiger partial charge in [-0.05, 0) is 23.8 Å². The summed E-state index contributed by atoms with van der Waals surface area (Å²) in [6, 6.07) is 14.3. The molecule has 2 aromatic carbocycles. The molecule has 22 heavy (non-hydrogen) atoms. The standard InChI is InChI=1S/C18H24N2O2/c1-20(2)16-10-9-14(11-18(16)22-4)12-19-13-15-7-5-6-8-17(15)21-3/h5-11,19H,12-13H2,1-4H3. The highest BCUT2D eigenvalue weighted by molar-refractivity contribution is 5.58. The number of methoxy groups -OCH3 is 2. The molecule has 2 rings (SSSR count). The molecule has 0 aliphatic heterocycles. The molecule has 1 N–H and O–H groups in total. The third-order valence-corrected chi connectivity index (χ3v) is 3.56. The molecule has 0 saturated heterocycles. The molecule has 4 heteroatoms. The van der Waals surface area contributed by atoms with Crippen molar-refractivity contribution in [3.8, 4) is 11.5 Å². The molecule has 2 aromatic rings. The fourth-order valence-corrected chi connectivity index (χ4v) is 2.39. The highest BCUT2D eigenvalue weighted by Gasteiger charge is 2.06. The zero-order valence-electron chi connectivity index (χ0n) is 13.7. The third kappa shape index (κ3) is 3.92. The maximum atomic E-state index is 5.46. The van der Waals surface area contributed by atoms with Crippen LogP contribution in [-0.4, -0.2) is 28.3 Å². The van der Waals surface area contributed by atoms with E-state index >= 15 is 0 Å². The van der Waals surface area contributed by atoms with Gasteiger partial charge < -0.3 is 19.7 Å². The lowest BCUT2D eigenvalue weighted by Crippen LogP contribution is -2.14. The zero-order valence-corrected chi connectivity index (χ0v) is 13.7. The lowest BCUT2D eigenvalue weighted by molar-refractivity contribution is 0.407. The first-order chi connectivity index (χ1) is 10.7. The first-order valence-electron chi connectivity index (χ1n) is 7.32. The molecule has 0 aliphatic carbocycles. The Balaban J connectivity index is 2.00. The van der Waals surface area contributed by atoms with Gasteiger partial charge in [0.25, 0.3) is 0 Å². The Morgan fingerprint density at radius 2 is 1.64 bits per heavy atom. The molecule has 0 bridgehead atoms. The number of nitrogens with zero attached hydrogens (tertiary/aromatic N) is 1. The molecule has 0 aliphatic rings. The number of rotatable bonds is 7. The van der Waals surface area contributed by atoms with Gasteiger partial charge in [-0.3, -0.25) is 0 Å². The Bertz CT molecular complexity index is 612. The second-order valence-corrected chi connectivity index (χ2v) is 5.32. The Morgan fingerprint density at radius 1 is 0.909 bits per heavy atom. The van der Waals surface area contributed by atoms with E-state index in [4.69, 9.17) is 9.47 Å². The molecular formula is C18H24N2O2. The molecule has 0 heterocycles. The number of benzene rings is 2. The fourth-order valence-electron chi connectivity index (χ4n) is 2.39. The summed E-state index contributed by atoms with van der Waals surface area (Å²) in [5.41, 5.74) is 3.43. The van der Waals surface area contributed by atoms with E-state index < -0.39 is 0 Å². The second kappa shape index (κ2) is 7.71. The summed E-state index contributed by atoms with van der Waals surface area (Å²) < 4.78 is 10.8. The summed E-state index contributed by atoms with van der Waals surface area (Å²) in [7, 11) is 7.42. The molecule has 0 atom stereocenters. The van der Waals surface area contributed by atoms with Crippen LogP contribution in [0.2, 0.25) is 0 Å². The van der Waals surface area contributed by atoms with E-state index in [0.717, 1.165) is 35.8 Å². The molecule has 118 valence electrons. The van der Waals surface area contributed by atoms with Gasteiger partial charge in [0.2, 0.25) is 0 Å². The monoisotopic (exact) mass is 300 g/mol.